The number of carbonyl (C=O) groups is 4. The Morgan fingerprint density at radius 1 is 1.13 bits per heavy atom. The Bertz CT molecular complexity index is 1460. The quantitative estimate of drug-likeness (QED) is 0.356. The van der Waals surface area contributed by atoms with Crippen molar-refractivity contribution in [2.75, 3.05) is 6.54 Å². The molecule has 2 aliphatic rings. The zero-order chi connectivity index (χ0) is 27.7. The van der Waals surface area contributed by atoms with E-state index in [1.54, 1.807) is 24.3 Å². The Morgan fingerprint density at radius 3 is 2.59 bits per heavy atom. The molecular weight excluding hydrogens is 525 g/mol. The van der Waals surface area contributed by atoms with E-state index in [9.17, 15) is 23.6 Å². The molecular formula is C28H29ClFN5O4. The molecule has 3 N–H and O–H groups in total. The first-order chi connectivity index (χ1) is 18.7. The average molecular weight is 554 g/mol. The molecule has 2 saturated carbocycles. The summed E-state index contributed by atoms with van der Waals surface area (Å²) in [6.45, 7) is -0.452. The largest absolute Gasteiger partial charge is 0.364 e. The Morgan fingerprint density at radius 2 is 1.90 bits per heavy atom. The van der Waals surface area contributed by atoms with Crippen molar-refractivity contribution in [1.29, 1.82) is 0 Å². The van der Waals surface area contributed by atoms with Crippen LogP contribution in [0.5, 0.6) is 0 Å². The zero-order valence-electron chi connectivity index (χ0n) is 21.3. The van der Waals surface area contributed by atoms with E-state index >= 15 is 0 Å². The van der Waals surface area contributed by atoms with Gasteiger partial charge in [-0.3, -0.25) is 23.9 Å². The number of fused-ring (bicyclic) bond motifs is 1. The molecule has 0 aliphatic heterocycles. The van der Waals surface area contributed by atoms with E-state index in [1.807, 2.05) is 0 Å². The number of nitrogens with one attached hydrogen (secondary N) is 1. The smallest absolute Gasteiger partial charge is 0.269 e. The van der Waals surface area contributed by atoms with Gasteiger partial charge in [0.2, 0.25) is 11.8 Å². The van der Waals surface area contributed by atoms with Gasteiger partial charge in [0.25, 0.3) is 5.91 Å². The number of Topliss-reactive ketones (excluding diaryl/α,β-unsaturated/α-hetero) is 1. The topological polar surface area (TPSA) is 127 Å². The summed E-state index contributed by atoms with van der Waals surface area (Å²) in [5.74, 6) is -1.47. The maximum absolute atomic E-state index is 14.1. The summed E-state index contributed by atoms with van der Waals surface area (Å²) in [5.41, 5.74) is 7.13. The van der Waals surface area contributed by atoms with Crippen LogP contribution in [0.2, 0.25) is 5.02 Å². The molecule has 2 fully saturated rings. The summed E-state index contributed by atoms with van der Waals surface area (Å²) in [7, 11) is 0. The highest BCUT2D eigenvalue weighted by atomic mass is 35.5. The van der Waals surface area contributed by atoms with Gasteiger partial charge in [0.1, 0.15) is 18.1 Å². The fourth-order valence-corrected chi connectivity index (χ4v) is 4.89. The zero-order valence-corrected chi connectivity index (χ0v) is 22.0. The fourth-order valence-electron chi connectivity index (χ4n) is 4.70. The predicted molar refractivity (Wildman–Crippen MR) is 142 cm³/mol. The lowest BCUT2D eigenvalue weighted by molar-refractivity contribution is -0.137. The number of nitrogens with two attached hydrogens (primary N) is 1. The normalized spacial score (nSPS) is 14.8. The van der Waals surface area contributed by atoms with Crippen molar-refractivity contribution in [2.45, 2.75) is 57.7 Å². The number of carbonyl (C=O) groups excluding carboxylic acids is 4. The molecule has 11 heteroatoms. The Kier molecular flexibility index (Phi) is 7.65. The first kappa shape index (κ1) is 26.8. The molecule has 9 nitrogen and oxygen atoms in total. The molecule has 3 aromatic rings. The molecule has 0 saturated heterocycles. The van der Waals surface area contributed by atoms with E-state index < -0.39 is 17.6 Å². The summed E-state index contributed by atoms with van der Waals surface area (Å²) < 4.78 is 15.5. The molecule has 0 spiro atoms. The van der Waals surface area contributed by atoms with Crippen LogP contribution in [-0.2, 0) is 33.9 Å². The van der Waals surface area contributed by atoms with Crippen LogP contribution in [-0.4, -0.2) is 50.8 Å². The van der Waals surface area contributed by atoms with Gasteiger partial charge in [-0.25, -0.2) is 4.39 Å². The number of hydrogen-bond donors (Lipinski definition) is 2. The van der Waals surface area contributed by atoms with E-state index in [0.29, 0.717) is 23.2 Å². The number of benzene rings is 2. The van der Waals surface area contributed by atoms with Crippen molar-refractivity contribution in [3.63, 3.8) is 0 Å². The predicted octanol–water partition coefficient (Wildman–Crippen LogP) is 3.15. The Balaban J connectivity index is 1.28. The third kappa shape index (κ3) is 6.44. The summed E-state index contributed by atoms with van der Waals surface area (Å²) >= 11 is 5.80. The van der Waals surface area contributed by atoms with Gasteiger partial charge >= 0.3 is 0 Å². The number of primary amides is 1. The van der Waals surface area contributed by atoms with E-state index in [1.165, 1.54) is 21.7 Å². The highest BCUT2D eigenvalue weighted by Gasteiger charge is 2.34. The van der Waals surface area contributed by atoms with Gasteiger partial charge in [-0.1, -0.05) is 29.8 Å². The second-order valence-electron chi connectivity index (χ2n) is 10.3. The van der Waals surface area contributed by atoms with Crippen molar-refractivity contribution >= 4 is 46.0 Å². The van der Waals surface area contributed by atoms with Gasteiger partial charge in [-0.15, -0.1) is 0 Å². The lowest BCUT2D eigenvalue weighted by Gasteiger charge is -2.22. The molecule has 1 heterocycles. The first-order valence-corrected chi connectivity index (χ1v) is 13.4. The van der Waals surface area contributed by atoms with E-state index in [-0.39, 0.29) is 60.1 Å². The maximum Gasteiger partial charge on any atom is 0.269 e. The van der Waals surface area contributed by atoms with Gasteiger partial charge in [-0.05, 0) is 55.4 Å². The van der Waals surface area contributed by atoms with E-state index in [4.69, 9.17) is 17.3 Å². The molecule has 5 rings (SSSR count). The summed E-state index contributed by atoms with van der Waals surface area (Å²) in [5, 5.41) is 7.39. The minimum absolute atomic E-state index is 0.0218. The van der Waals surface area contributed by atoms with E-state index in [0.717, 1.165) is 31.2 Å². The number of ketones is 1. The van der Waals surface area contributed by atoms with Gasteiger partial charge < -0.3 is 16.0 Å². The molecule has 0 unspecified atom stereocenters. The van der Waals surface area contributed by atoms with Gasteiger partial charge in [0.15, 0.2) is 5.69 Å². The van der Waals surface area contributed by atoms with Crippen molar-refractivity contribution in [3.8, 4) is 0 Å². The minimum Gasteiger partial charge on any atom is -0.364 e. The van der Waals surface area contributed by atoms with Crippen LogP contribution in [0.4, 0.5) is 4.39 Å². The van der Waals surface area contributed by atoms with Crippen molar-refractivity contribution in [2.24, 2.45) is 11.7 Å². The Labute approximate surface area is 229 Å². The van der Waals surface area contributed by atoms with Gasteiger partial charge in [0.05, 0.1) is 17.1 Å². The van der Waals surface area contributed by atoms with Crippen LogP contribution in [0, 0.1) is 11.7 Å². The third-order valence-corrected chi connectivity index (χ3v) is 7.37. The highest BCUT2D eigenvalue weighted by Crippen LogP contribution is 2.33. The number of amides is 3. The van der Waals surface area contributed by atoms with Crippen LogP contribution in [0.3, 0.4) is 0 Å². The molecule has 3 amide bonds. The average Bonchev–Trinajstić information content (AvgIpc) is 3.83. The number of aromatic nitrogens is 2. The summed E-state index contributed by atoms with van der Waals surface area (Å²) in [6, 6.07) is 9.73. The highest BCUT2D eigenvalue weighted by molar-refractivity contribution is 6.30. The molecule has 0 atom stereocenters. The van der Waals surface area contributed by atoms with Crippen LogP contribution in [0.15, 0.2) is 36.4 Å². The lowest BCUT2D eigenvalue weighted by Crippen LogP contribution is -2.43. The maximum atomic E-state index is 14.1. The van der Waals surface area contributed by atoms with Gasteiger partial charge in [0, 0.05) is 36.4 Å². The first-order valence-electron chi connectivity index (χ1n) is 13.0. The van der Waals surface area contributed by atoms with Crippen molar-refractivity contribution in [3.05, 3.63) is 64.1 Å². The second kappa shape index (κ2) is 11.1. The molecule has 0 bridgehead atoms. The van der Waals surface area contributed by atoms with Crippen molar-refractivity contribution < 1.29 is 23.6 Å². The van der Waals surface area contributed by atoms with Crippen LogP contribution in [0.25, 0.3) is 10.9 Å². The van der Waals surface area contributed by atoms with Crippen LogP contribution < -0.4 is 11.1 Å². The molecule has 0 radical (unpaired) electrons. The minimum atomic E-state index is -0.737. The number of rotatable bonds is 12. The number of hydrogen-bond acceptors (Lipinski definition) is 5. The standard InChI is InChI=1S/C28H29ClFN5O4/c29-22-3-1-2-18(26(22)30)13-32-24(37)14-34(19-7-8-19)25(38)15-35-23-9-6-17(11-20(36)10-16-4-5-16)12-21(23)27(33-35)28(31)39/h1-3,6,9,12,16,19H,4-5,7-8,10-11,13-15H2,(H2,31,39)(H,32,37). The van der Waals surface area contributed by atoms with E-state index in [2.05, 4.69) is 10.4 Å². The monoisotopic (exact) mass is 553 g/mol. The molecule has 1 aromatic heterocycles. The van der Waals surface area contributed by atoms with Crippen molar-refractivity contribution in [1.82, 2.24) is 20.0 Å². The fraction of sp³-hybridized carbons (Fsp3) is 0.393. The number of nitrogens with zero attached hydrogens (tertiary/aromatic N) is 3. The molecule has 39 heavy (non-hydrogen) atoms. The summed E-state index contributed by atoms with van der Waals surface area (Å²) in [4.78, 5) is 51.9. The SMILES string of the molecule is NC(=O)c1nn(CC(=O)N(CC(=O)NCc2cccc(Cl)c2F)C2CC2)c2ccc(CC(=O)CC3CC3)cc12. The third-order valence-electron chi connectivity index (χ3n) is 7.08. The lowest BCUT2D eigenvalue weighted by atomic mass is 10.0. The Hall–Kier alpha value is -3.79. The van der Waals surface area contributed by atoms with Crippen LogP contribution in [0.1, 0.15) is 53.7 Å². The molecule has 204 valence electrons. The second-order valence-corrected chi connectivity index (χ2v) is 10.7. The molecule has 2 aromatic carbocycles. The molecule has 2 aliphatic carbocycles. The number of halogens is 2. The van der Waals surface area contributed by atoms with Gasteiger partial charge in [-0.2, -0.15) is 5.10 Å². The summed E-state index contributed by atoms with van der Waals surface area (Å²) in [6.07, 6.45) is 4.55. The van der Waals surface area contributed by atoms with Crippen LogP contribution >= 0.6 is 11.6 Å².